The fraction of sp³-hybridized carbons (Fsp3) is 0.211. The molecule has 1 unspecified atom stereocenters. The van der Waals surface area contributed by atoms with E-state index in [0.717, 1.165) is 17.7 Å². The first-order valence-electron chi connectivity index (χ1n) is 7.78. The number of hydrogen-bond acceptors (Lipinski definition) is 2. The molecule has 2 aromatic heterocycles. The van der Waals surface area contributed by atoms with Crippen LogP contribution in [0.15, 0.2) is 60.8 Å². The molecule has 4 heteroatoms. The van der Waals surface area contributed by atoms with E-state index in [-0.39, 0.29) is 12.0 Å². The summed E-state index contributed by atoms with van der Waals surface area (Å²) in [6.45, 7) is 0.577. The van der Waals surface area contributed by atoms with Crippen molar-refractivity contribution in [2.45, 2.75) is 12.5 Å². The zero-order valence-corrected chi connectivity index (χ0v) is 13.0. The second-order valence-electron chi connectivity index (χ2n) is 5.95. The van der Waals surface area contributed by atoms with Gasteiger partial charge in [-0.15, -0.1) is 0 Å². The van der Waals surface area contributed by atoms with Gasteiger partial charge < -0.3 is 14.0 Å². The van der Waals surface area contributed by atoms with Gasteiger partial charge in [0.05, 0.1) is 6.54 Å². The van der Waals surface area contributed by atoms with Gasteiger partial charge in [0.25, 0.3) is 5.91 Å². The summed E-state index contributed by atoms with van der Waals surface area (Å²) in [6, 6.07) is 17.8. The zero-order chi connectivity index (χ0) is 15.8. The number of hydrogen-bond donors (Lipinski definition) is 0. The number of nitrogens with zero attached hydrogens (tertiary/aromatic N) is 2. The fourth-order valence-electron chi connectivity index (χ4n) is 3.17. The second kappa shape index (κ2) is 5.47. The highest BCUT2D eigenvalue weighted by Gasteiger charge is 2.26. The lowest BCUT2D eigenvalue weighted by atomic mass is 10.1. The van der Waals surface area contributed by atoms with Crippen LogP contribution in [0.1, 0.15) is 16.1 Å². The first kappa shape index (κ1) is 13.9. The molecule has 1 aliphatic heterocycles. The minimum absolute atomic E-state index is 0.00996. The van der Waals surface area contributed by atoms with Gasteiger partial charge in [0.1, 0.15) is 17.5 Å². The molecule has 0 saturated heterocycles. The van der Waals surface area contributed by atoms with Crippen LogP contribution in [0.25, 0.3) is 5.52 Å². The first-order valence-corrected chi connectivity index (χ1v) is 7.78. The van der Waals surface area contributed by atoms with E-state index < -0.39 is 0 Å². The molecule has 0 saturated carbocycles. The quantitative estimate of drug-likeness (QED) is 0.745. The third-order valence-electron chi connectivity index (χ3n) is 4.32. The average molecular weight is 306 g/mol. The lowest BCUT2D eigenvalue weighted by Crippen LogP contribution is -2.36. The van der Waals surface area contributed by atoms with Crippen molar-refractivity contribution < 1.29 is 9.53 Å². The number of pyridine rings is 1. The average Bonchev–Trinajstić information content (AvgIpc) is 3.17. The molecule has 1 aromatic carbocycles. The number of likely N-dealkylation sites (N-methyl/N-ethyl adjacent to an activating group) is 1. The van der Waals surface area contributed by atoms with Gasteiger partial charge in [0.2, 0.25) is 0 Å². The highest BCUT2D eigenvalue weighted by Crippen LogP contribution is 2.28. The van der Waals surface area contributed by atoms with Gasteiger partial charge in [0, 0.05) is 25.2 Å². The molecule has 0 fully saturated rings. The number of aromatic nitrogens is 1. The van der Waals surface area contributed by atoms with Crippen molar-refractivity contribution in [3.8, 4) is 5.75 Å². The zero-order valence-electron chi connectivity index (χ0n) is 13.0. The van der Waals surface area contributed by atoms with Crippen LogP contribution in [0.4, 0.5) is 0 Å². The number of carbonyl (C=O) groups is 1. The number of benzene rings is 1. The predicted octanol–water partition coefficient (Wildman–Crippen LogP) is 3.02. The van der Waals surface area contributed by atoms with E-state index in [1.165, 1.54) is 5.56 Å². The molecule has 0 N–H and O–H groups in total. The van der Waals surface area contributed by atoms with Crippen LogP contribution in [0, 0.1) is 0 Å². The Morgan fingerprint density at radius 1 is 1.17 bits per heavy atom. The monoisotopic (exact) mass is 306 g/mol. The van der Waals surface area contributed by atoms with E-state index in [9.17, 15) is 4.79 Å². The van der Waals surface area contributed by atoms with Gasteiger partial charge in [0.15, 0.2) is 0 Å². The Balaban J connectivity index is 1.49. The Kier molecular flexibility index (Phi) is 3.30. The number of amides is 1. The Morgan fingerprint density at radius 3 is 2.87 bits per heavy atom. The lowest BCUT2D eigenvalue weighted by Gasteiger charge is -2.21. The van der Waals surface area contributed by atoms with Crippen LogP contribution in [0.3, 0.4) is 0 Å². The normalized spacial score (nSPS) is 16.1. The second-order valence-corrected chi connectivity index (χ2v) is 5.95. The van der Waals surface area contributed by atoms with Crippen molar-refractivity contribution in [1.29, 1.82) is 0 Å². The smallest absolute Gasteiger partial charge is 0.270 e. The van der Waals surface area contributed by atoms with Crippen molar-refractivity contribution >= 4 is 11.4 Å². The molecule has 0 aliphatic carbocycles. The molecule has 116 valence electrons. The van der Waals surface area contributed by atoms with Gasteiger partial charge in [-0.3, -0.25) is 4.79 Å². The molecular formula is C19H18N2O2. The van der Waals surface area contributed by atoms with E-state index in [0.29, 0.717) is 12.2 Å². The molecular weight excluding hydrogens is 288 g/mol. The molecule has 0 radical (unpaired) electrons. The molecule has 1 atom stereocenters. The summed E-state index contributed by atoms with van der Waals surface area (Å²) in [5.41, 5.74) is 2.92. The van der Waals surface area contributed by atoms with Crippen LogP contribution < -0.4 is 4.74 Å². The van der Waals surface area contributed by atoms with Crippen LogP contribution in [0.2, 0.25) is 0 Å². The summed E-state index contributed by atoms with van der Waals surface area (Å²) in [7, 11) is 1.83. The van der Waals surface area contributed by atoms with E-state index >= 15 is 0 Å². The highest BCUT2D eigenvalue weighted by atomic mass is 16.5. The Labute approximate surface area is 134 Å². The summed E-state index contributed by atoms with van der Waals surface area (Å²) in [5, 5.41) is 0. The maximum atomic E-state index is 12.7. The summed E-state index contributed by atoms with van der Waals surface area (Å²) in [4.78, 5) is 14.5. The van der Waals surface area contributed by atoms with Crippen molar-refractivity contribution in [3.63, 3.8) is 0 Å². The Morgan fingerprint density at radius 2 is 2.00 bits per heavy atom. The number of carbonyl (C=O) groups excluding carboxylic acids is 1. The van der Waals surface area contributed by atoms with Crippen molar-refractivity contribution in [1.82, 2.24) is 9.30 Å². The van der Waals surface area contributed by atoms with Crippen LogP contribution in [0.5, 0.6) is 5.75 Å². The molecule has 4 nitrogen and oxygen atoms in total. The predicted molar refractivity (Wildman–Crippen MR) is 88.9 cm³/mol. The maximum Gasteiger partial charge on any atom is 0.270 e. The van der Waals surface area contributed by atoms with Crippen LogP contribution in [-0.2, 0) is 6.42 Å². The SMILES string of the molecule is CN(CC1Cc2ccccc2O1)C(=O)c1ccc2ccccn12. The molecule has 0 spiro atoms. The number of ether oxygens (including phenoxy) is 1. The molecule has 3 aromatic rings. The van der Waals surface area contributed by atoms with E-state index in [1.54, 1.807) is 4.90 Å². The van der Waals surface area contributed by atoms with Crippen LogP contribution in [-0.4, -0.2) is 34.9 Å². The topological polar surface area (TPSA) is 34.0 Å². The van der Waals surface area contributed by atoms with Gasteiger partial charge in [-0.2, -0.15) is 0 Å². The van der Waals surface area contributed by atoms with Crippen molar-refractivity contribution in [3.05, 3.63) is 72.1 Å². The third kappa shape index (κ3) is 2.46. The number of para-hydroxylation sites is 1. The summed E-state index contributed by atoms with van der Waals surface area (Å²) >= 11 is 0. The molecule has 3 heterocycles. The fourth-order valence-corrected chi connectivity index (χ4v) is 3.17. The van der Waals surface area contributed by atoms with Gasteiger partial charge in [-0.1, -0.05) is 24.3 Å². The molecule has 1 amide bonds. The van der Waals surface area contributed by atoms with Crippen LogP contribution >= 0.6 is 0 Å². The summed E-state index contributed by atoms with van der Waals surface area (Å²) < 4.78 is 7.85. The Hall–Kier alpha value is -2.75. The van der Waals surface area contributed by atoms with E-state index in [4.69, 9.17) is 4.74 Å². The summed E-state index contributed by atoms with van der Waals surface area (Å²) in [5.74, 6) is 0.947. The van der Waals surface area contributed by atoms with Gasteiger partial charge in [-0.05, 0) is 35.9 Å². The van der Waals surface area contributed by atoms with E-state index in [2.05, 4.69) is 6.07 Å². The molecule has 4 rings (SSSR count). The maximum absolute atomic E-state index is 12.7. The molecule has 0 bridgehead atoms. The van der Waals surface area contributed by atoms with Crippen molar-refractivity contribution in [2.75, 3.05) is 13.6 Å². The number of fused-ring (bicyclic) bond motifs is 2. The van der Waals surface area contributed by atoms with Gasteiger partial charge in [-0.25, -0.2) is 0 Å². The standard InChI is InChI=1S/C19H18N2O2/c1-20(13-16-12-14-6-2-3-8-18(14)23-16)19(22)17-10-9-15-7-4-5-11-21(15)17/h2-11,16H,12-13H2,1H3. The molecule has 23 heavy (non-hydrogen) atoms. The van der Waals surface area contributed by atoms with E-state index in [1.807, 2.05) is 66.2 Å². The van der Waals surface area contributed by atoms with Gasteiger partial charge >= 0.3 is 0 Å². The third-order valence-corrected chi connectivity index (χ3v) is 4.32. The summed E-state index contributed by atoms with van der Waals surface area (Å²) in [6.07, 6.45) is 2.79. The highest BCUT2D eigenvalue weighted by molar-refractivity contribution is 5.93. The molecule has 1 aliphatic rings. The minimum atomic E-state index is 0.00996. The van der Waals surface area contributed by atoms with Crippen molar-refractivity contribution in [2.24, 2.45) is 0 Å². The first-order chi connectivity index (χ1) is 11.2. The largest absolute Gasteiger partial charge is 0.488 e. The Bertz CT molecular complexity index is 843. The lowest BCUT2D eigenvalue weighted by molar-refractivity contribution is 0.0724. The minimum Gasteiger partial charge on any atom is -0.488 e. The number of rotatable bonds is 3.